The average molecular weight is 510 g/mol. The van der Waals surface area contributed by atoms with Crippen molar-refractivity contribution in [3.8, 4) is 0 Å². The van der Waals surface area contributed by atoms with Gasteiger partial charge in [0.15, 0.2) is 0 Å². The van der Waals surface area contributed by atoms with Gasteiger partial charge < -0.3 is 10.1 Å². The van der Waals surface area contributed by atoms with Crippen molar-refractivity contribution in [2.45, 2.75) is 130 Å². The lowest BCUT2D eigenvalue weighted by atomic mass is 10.0. The van der Waals surface area contributed by atoms with Gasteiger partial charge in [-0.15, -0.1) is 0 Å². The van der Waals surface area contributed by atoms with Crippen molar-refractivity contribution in [2.75, 3.05) is 6.61 Å². The lowest BCUT2D eigenvalue weighted by molar-refractivity contribution is -0.147. The standard InChI is InChI=1S/C30H49F2NO3/c1-4-5-6-7-8-9-10-11-12-13-14-15-16-17-18-19-23-36-30(35)28(24(2)3)33-29(34)27-25(31)21-20-22-26(27)32/h20-22,24,28H,4-19,23H2,1-3H3,(H,33,34). The van der Waals surface area contributed by atoms with Crippen molar-refractivity contribution in [1.82, 2.24) is 5.32 Å². The molecule has 1 N–H and O–H groups in total. The lowest BCUT2D eigenvalue weighted by Crippen LogP contribution is -2.45. The van der Waals surface area contributed by atoms with E-state index in [1.165, 1.54) is 89.5 Å². The van der Waals surface area contributed by atoms with Crippen LogP contribution in [0, 0.1) is 17.6 Å². The fourth-order valence-electron chi connectivity index (χ4n) is 4.34. The van der Waals surface area contributed by atoms with Crippen LogP contribution in [0.15, 0.2) is 18.2 Å². The second kappa shape index (κ2) is 20.1. The van der Waals surface area contributed by atoms with Crippen LogP contribution < -0.4 is 5.32 Å². The summed E-state index contributed by atoms with van der Waals surface area (Å²) in [4.78, 5) is 24.8. The lowest BCUT2D eigenvalue weighted by Gasteiger charge is -2.21. The Labute approximate surface area is 218 Å². The number of halogens is 2. The summed E-state index contributed by atoms with van der Waals surface area (Å²) >= 11 is 0. The molecule has 0 spiro atoms. The van der Waals surface area contributed by atoms with Gasteiger partial charge in [0.05, 0.1) is 6.61 Å². The smallest absolute Gasteiger partial charge is 0.328 e. The van der Waals surface area contributed by atoms with Crippen LogP contribution in [0.2, 0.25) is 0 Å². The van der Waals surface area contributed by atoms with Crippen molar-refractivity contribution < 1.29 is 23.1 Å². The van der Waals surface area contributed by atoms with Crippen molar-refractivity contribution >= 4 is 11.9 Å². The summed E-state index contributed by atoms with van der Waals surface area (Å²) in [6, 6.07) is 2.25. The minimum Gasteiger partial charge on any atom is -0.464 e. The zero-order chi connectivity index (χ0) is 26.6. The minimum atomic E-state index is -0.962. The van der Waals surface area contributed by atoms with E-state index in [2.05, 4.69) is 12.2 Å². The van der Waals surface area contributed by atoms with E-state index in [0.29, 0.717) is 0 Å². The minimum absolute atomic E-state index is 0.276. The fraction of sp³-hybridized carbons (Fsp3) is 0.733. The van der Waals surface area contributed by atoms with E-state index >= 15 is 0 Å². The van der Waals surface area contributed by atoms with E-state index in [0.717, 1.165) is 31.4 Å². The molecule has 0 aromatic heterocycles. The Morgan fingerprint density at radius 1 is 0.750 bits per heavy atom. The third-order valence-electron chi connectivity index (χ3n) is 6.64. The average Bonchev–Trinajstić information content (AvgIpc) is 2.84. The number of nitrogens with one attached hydrogen (secondary N) is 1. The number of unbranched alkanes of at least 4 members (excludes halogenated alkanes) is 15. The summed E-state index contributed by atoms with van der Waals surface area (Å²) in [6.45, 7) is 6.04. The van der Waals surface area contributed by atoms with Crippen molar-refractivity contribution in [2.24, 2.45) is 5.92 Å². The van der Waals surface area contributed by atoms with Gasteiger partial charge in [-0.2, -0.15) is 0 Å². The number of carbonyl (C=O) groups is 2. The Kier molecular flexibility index (Phi) is 17.9. The molecule has 0 aliphatic rings. The summed E-state index contributed by atoms with van der Waals surface area (Å²) in [6.07, 6.45) is 20.3. The molecule has 0 aliphatic heterocycles. The molecule has 36 heavy (non-hydrogen) atoms. The molecular formula is C30H49F2NO3. The molecule has 0 fully saturated rings. The summed E-state index contributed by atoms with van der Waals surface area (Å²) in [5, 5.41) is 2.43. The van der Waals surface area contributed by atoms with E-state index in [1.54, 1.807) is 13.8 Å². The van der Waals surface area contributed by atoms with Gasteiger partial charge in [-0.25, -0.2) is 13.6 Å². The van der Waals surface area contributed by atoms with Crippen molar-refractivity contribution in [3.05, 3.63) is 35.4 Å². The molecule has 0 bridgehead atoms. The second-order valence-electron chi connectivity index (χ2n) is 10.3. The molecule has 1 aromatic carbocycles. The normalized spacial score (nSPS) is 12.1. The molecule has 0 saturated heterocycles. The summed E-state index contributed by atoms with van der Waals surface area (Å²) in [5.74, 6) is -3.73. The van der Waals surface area contributed by atoms with Crippen LogP contribution in [-0.2, 0) is 9.53 Å². The maximum Gasteiger partial charge on any atom is 0.328 e. The number of hydrogen-bond acceptors (Lipinski definition) is 3. The Morgan fingerprint density at radius 3 is 1.58 bits per heavy atom. The number of amides is 1. The highest BCUT2D eigenvalue weighted by atomic mass is 19.1. The molecule has 1 unspecified atom stereocenters. The number of hydrogen-bond donors (Lipinski definition) is 1. The first-order chi connectivity index (χ1) is 17.4. The van der Waals surface area contributed by atoms with Crippen LogP contribution in [-0.4, -0.2) is 24.5 Å². The SMILES string of the molecule is CCCCCCCCCCCCCCCCCCOC(=O)C(NC(=O)c1c(F)cccc1F)C(C)C. The molecule has 0 heterocycles. The highest BCUT2D eigenvalue weighted by Crippen LogP contribution is 2.15. The van der Waals surface area contributed by atoms with Gasteiger partial charge in [0.1, 0.15) is 23.2 Å². The van der Waals surface area contributed by atoms with E-state index in [4.69, 9.17) is 4.74 Å². The van der Waals surface area contributed by atoms with Crippen LogP contribution >= 0.6 is 0 Å². The molecule has 1 rings (SSSR count). The second-order valence-corrected chi connectivity index (χ2v) is 10.3. The third-order valence-corrected chi connectivity index (χ3v) is 6.64. The monoisotopic (exact) mass is 509 g/mol. The van der Waals surface area contributed by atoms with Gasteiger partial charge in [0, 0.05) is 0 Å². The molecule has 1 amide bonds. The Hall–Kier alpha value is -1.98. The van der Waals surface area contributed by atoms with Crippen LogP contribution in [0.1, 0.15) is 134 Å². The van der Waals surface area contributed by atoms with E-state index in [1.807, 2.05) is 0 Å². The predicted molar refractivity (Wildman–Crippen MR) is 143 cm³/mol. The summed E-state index contributed by atoms with van der Waals surface area (Å²) in [7, 11) is 0. The van der Waals surface area contributed by atoms with Gasteiger partial charge in [-0.05, 0) is 24.5 Å². The molecule has 6 heteroatoms. The first kappa shape index (κ1) is 32.0. The highest BCUT2D eigenvalue weighted by molar-refractivity contribution is 5.97. The van der Waals surface area contributed by atoms with Crippen LogP contribution in [0.3, 0.4) is 0 Å². The predicted octanol–water partition coefficient (Wildman–Crippen LogP) is 8.52. The maximum atomic E-state index is 13.9. The van der Waals surface area contributed by atoms with E-state index in [-0.39, 0.29) is 12.5 Å². The van der Waals surface area contributed by atoms with Crippen molar-refractivity contribution in [1.29, 1.82) is 0 Å². The summed E-state index contributed by atoms with van der Waals surface area (Å²) < 4.78 is 33.1. The van der Waals surface area contributed by atoms with Gasteiger partial charge in [-0.3, -0.25) is 4.79 Å². The number of carbonyl (C=O) groups excluding carboxylic acids is 2. The van der Waals surface area contributed by atoms with Gasteiger partial charge >= 0.3 is 5.97 Å². The van der Waals surface area contributed by atoms with Crippen LogP contribution in [0.5, 0.6) is 0 Å². The molecule has 1 aromatic rings. The molecule has 0 radical (unpaired) electrons. The molecule has 206 valence electrons. The third kappa shape index (κ3) is 13.9. The van der Waals surface area contributed by atoms with Gasteiger partial charge in [0.2, 0.25) is 0 Å². The molecule has 1 atom stereocenters. The van der Waals surface area contributed by atoms with Gasteiger partial charge in [-0.1, -0.05) is 123 Å². The zero-order valence-corrected chi connectivity index (χ0v) is 22.9. The number of benzene rings is 1. The molecule has 0 aliphatic carbocycles. The van der Waals surface area contributed by atoms with E-state index in [9.17, 15) is 18.4 Å². The maximum absolute atomic E-state index is 13.9. The quantitative estimate of drug-likeness (QED) is 0.133. The number of rotatable bonds is 21. The molecule has 4 nitrogen and oxygen atoms in total. The molecular weight excluding hydrogens is 460 g/mol. The first-order valence-electron chi connectivity index (χ1n) is 14.3. The van der Waals surface area contributed by atoms with Crippen LogP contribution in [0.25, 0.3) is 0 Å². The topological polar surface area (TPSA) is 55.4 Å². The van der Waals surface area contributed by atoms with Crippen molar-refractivity contribution in [3.63, 3.8) is 0 Å². The Bertz CT molecular complexity index is 719. The van der Waals surface area contributed by atoms with Crippen LogP contribution in [0.4, 0.5) is 8.78 Å². The largest absolute Gasteiger partial charge is 0.464 e. The summed E-state index contributed by atoms with van der Waals surface area (Å²) in [5.41, 5.74) is -0.686. The Balaban J connectivity index is 2.08. The van der Waals surface area contributed by atoms with E-state index < -0.39 is 35.1 Å². The highest BCUT2D eigenvalue weighted by Gasteiger charge is 2.28. The number of esters is 1. The van der Waals surface area contributed by atoms with Gasteiger partial charge in [0.25, 0.3) is 5.91 Å². The molecule has 0 saturated carbocycles. The first-order valence-corrected chi connectivity index (χ1v) is 14.3. The Morgan fingerprint density at radius 2 is 1.17 bits per heavy atom. The zero-order valence-electron chi connectivity index (χ0n) is 22.9. The fourth-order valence-corrected chi connectivity index (χ4v) is 4.34. The number of ether oxygens (including phenoxy) is 1.